The fourth-order valence-corrected chi connectivity index (χ4v) is 7.06. The Labute approximate surface area is 219 Å². The molecule has 0 amide bonds. The molecule has 194 valence electrons. The van der Waals surface area contributed by atoms with Gasteiger partial charge in [0.15, 0.2) is 0 Å². The van der Waals surface area contributed by atoms with Gasteiger partial charge in [-0.1, -0.05) is 24.3 Å². The molecule has 37 heavy (non-hydrogen) atoms. The third-order valence-electron chi connectivity index (χ3n) is 9.04. The first-order valence-corrected chi connectivity index (χ1v) is 14.2. The number of hydrogen-bond donors (Lipinski definition) is 1. The molecule has 0 radical (unpaired) electrons. The standard InChI is InChI=1S/C29H37N7O/c30-12-11-21-16-34(15-13-31-21)28-25-17-35(27-10-7-20-4-1-2-6-24(20)27)18-26(25)32-29(33-28)37-19-23-5-3-14-36(23)22-8-9-22/h1-2,4,6,21-23,27,31H,3,5,7-11,13-19H2/t21-,23-,27?/m0/s1. The summed E-state index contributed by atoms with van der Waals surface area (Å²) >= 11 is 0. The fourth-order valence-electron chi connectivity index (χ4n) is 7.06. The summed E-state index contributed by atoms with van der Waals surface area (Å²) in [6, 6.07) is 13.6. The topological polar surface area (TPSA) is 80.5 Å². The number of ether oxygens (including phenoxy) is 1. The van der Waals surface area contributed by atoms with Crippen molar-refractivity contribution in [3.05, 3.63) is 46.6 Å². The van der Waals surface area contributed by atoms with E-state index in [4.69, 9.17) is 14.7 Å². The molecule has 1 aromatic heterocycles. The molecule has 4 heterocycles. The van der Waals surface area contributed by atoms with Gasteiger partial charge in [-0.3, -0.25) is 9.80 Å². The average Bonchev–Trinajstić information content (AvgIpc) is 3.31. The fraction of sp³-hybridized carbons (Fsp3) is 0.621. The van der Waals surface area contributed by atoms with E-state index in [0.717, 1.165) is 63.1 Å². The lowest BCUT2D eigenvalue weighted by molar-refractivity contribution is 0.158. The highest BCUT2D eigenvalue weighted by molar-refractivity contribution is 5.52. The van der Waals surface area contributed by atoms with Crippen LogP contribution in [-0.2, 0) is 19.5 Å². The van der Waals surface area contributed by atoms with E-state index >= 15 is 0 Å². The van der Waals surface area contributed by atoms with Gasteiger partial charge in [-0.2, -0.15) is 15.2 Å². The Morgan fingerprint density at radius 2 is 2.00 bits per heavy atom. The third-order valence-corrected chi connectivity index (χ3v) is 9.04. The number of aromatic nitrogens is 2. The average molecular weight is 500 g/mol. The maximum absolute atomic E-state index is 9.28. The normalized spacial score (nSPS) is 27.8. The van der Waals surface area contributed by atoms with Crippen molar-refractivity contribution in [1.82, 2.24) is 25.1 Å². The molecule has 1 saturated carbocycles. The number of nitrogens with zero attached hydrogens (tertiary/aromatic N) is 6. The van der Waals surface area contributed by atoms with Crippen molar-refractivity contribution >= 4 is 5.82 Å². The molecule has 5 aliphatic rings. The van der Waals surface area contributed by atoms with E-state index in [0.29, 0.717) is 31.1 Å². The summed E-state index contributed by atoms with van der Waals surface area (Å²) < 4.78 is 6.37. The summed E-state index contributed by atoms with van der Waals surface area (Å²) in [5, 5.41) is 12.8. The summed E-state index contributed by atoms with van der Waals surface area (Å²) in [5.41, 5.74) is 5.32. The van der Waals surface area contributed by atoms with Crippen molar-refractivity contribution in [2.24, 2.45) is 0 Å². The second kappa shape index (κ2) is 9.86. The molecule has 7 rings (SSSR count). The summed E-state index contributed by atoms with van der Waals surface area (Å²) in [6.07, 6.45) is 7.96. The van der Waals surface area contributed by atoms with E-state index in [-0.39, 0.29) is 6.04 Å². The minimum absolute atomic E-state index is 0.165. The van der Waals surface area contributed by atoms with Crippen molar-refractivity contribution < 1.29 is 4.74 Å². The second-order valence-corrected chi connectivity index (χ2v) is 11.4. The number of hydrogen-bond acceptors (Lipinski definition) is 8. The van der Waals surface area contributed by atoms with E-state index in [9.17, 15) is 5.26 Å². The van der Waals surface area contributed by atoms with Gasteiger partial charge in [0, 0.05) is 62.5 Å². The minimum Gasteiger partial charge on any atom is -0.462 e. The summed E-state index contributed by atoms with van der Waals surface area (Å²) in [4.78, 5) is 17.6. The van der Waals surface area contributed by atoms with E-state index in [2.05, 4.69) is 50.4 Å². The Morgan fingerprint density at radius 1 is 1.08 bits per heavy atom. The first-order valence-electron chi connectivity index (χ1n) is 14.2. The van der Waals surface area contributed by atoms with Crippen LogP contribution in [0.15, 0.2) is 24.3 Å². The number of likely N-dealkylation sites (tertiary alicyclic amines) is 1. The van der Waals surface area contributed by atoms with Gasteiger partial charge in [0.2, 0.25) is 0 Å². The highest BCUT2D eigenvalue weighted by Crippen LogP contribution is 2.42. The van der Waals surface area contributed by atoms with Crippen molar-refractivity contribution in [2.45, 2.75) is 82.2 Å². The van der Waals surface area contributed by atoms with Gasteiger partial charge in [0.25, 0.3) is 0 Å². The van der Waals surface area contributed by atoms with E-state index in [1.54, 1.807) is 0 Å². The van der Waals surface area contributed by atoms with Gasteiger partial charge in [-0.05, 0) is 56.2 Å². The van der Waals surface area contributed by atoms with Crippen LogP contribution >= 0.6 is 0 Å². The molecule has 0 spiro atoms. The molecule has 3 fully saturated rings. The lowest BCUT2D eigenvalue weighted by Gasteiger charge is -2.34. The SMILES string of the molecule is N#CC[C@H]1CN(c2nc(OC[C@@H]3CCCN3C3CC3)nc3c2CN(C2CCc4ccccc42)C3)CCN1. The van der Waals surface area contributed by atoms with Crippen LogP contribution in [0.3, 0.4) is 0 Å². The predicted octanol–water partition coefficient (Wildman–Crippen LogP) is 3.18. The number of rotatable bonds is 7. The molecule has 2 aromatic rings. The molecule has 3 aliphatic heterocycles. The lowest BCUT2D eigenvalue weighted by atomic mass is 10.1. The van der Waals surface area contributed by atoms with Crippen LogP contribution in [0.5, 0.6) is 6.01 Å². The van der Waals surface area contributed by atoms with E-state index in [1.807, 2.05) is 0 Å². The molecular weight excluding hydrogens is 462 g/mol. The molecule has 1 unspecified atom stereocenters. The van der Waals surface area contributed by atoms with Crippen molar-refractivity contribution in [3.63, 3.8) is 0 Å². The van der Waals surface area contributed by atoms with Crippen LogP contribution in [0.4, 0.5) is 5.82 Å². The highest BCUT2D eigenvalue weighted by atomic mass is 16.5. The molecule has 1 aromatic carbocycles. The summed E-state index contributed by atoms with van der Waals surface area (Å²) in [7, 11) is 0. The highest BCUT2D eigenvalue weighted by Gasteiger charge is 2.38. The van der Waals surface area contributed by atoms with Gasteiger partial charge in [-0.25, -0.2) is 0 Å². The van der Waals surface area contributed by atoms with E-state index < -0.39 is 0 Å². The molecule has 0 bridgehead atoms. The lowest BCUT2D eigenvalue weighted by Crippen LogP contribution is -2.51. The first-order chi connectivity index (χ1) is 18.3. The Morgan fingerprint density at radius 3 is 2.89 bits per heavy atom. The zero-order chi connectivity index (χ0) is 24.8. The van der Waals surface area contributed by atoms with E-state index in [1.165, 1.54) is 48.9 Å². The second-order valence-electron chi connectivity index (χ2n) is 11.4. The Kier molecular flexibility index (Phi) is 6.23. The number of anilines is 1. The number of nitriles is 1. The zero-order valence-electron chi connectivity index (χ0n) is 21.6. The number of nitrogens with one attached hydrogen (secondary N) is 1. The zero-order valence-corrected chi connectivity index (χ0v) is 21.6. The largest absolute Gasteiger partial charge is 0.462 e. The first kappa shape index (κ1) is 23.4. The van der Waals surface area contributed by atoms with Gasteiger partial charge < -0.3 is 15.0 Å². The van der Waals surface area contributed by atoms with Crippen molar-refractivity contribution in [2.75, 3.05) is 37.7 Å². The van der Waals surface area contributed by atoms with Crippen molar-refractivity contribution in [3.8, 4) is 12.1 Å². The Bertz CT molecular complexity index is 1190. The molecular formula is C29H37N7O. The van der Waals surface area contributed by atoms with Crippen LogP contribution in [0.2, 0.25) is 0 Å². The predicted molar refractivity (Wildman–Crippen MR) is 141 cm³/mol. The maximum Gasteiger partial charge on any atom is 0.318 e. The molecule has 8 heteroatoms. The van der Waals surface area contributed by atoms with Crippen molar-refractivity contribution in [1.29, 1.82) is 5.26 Å². The van der Waals surface area contributed by atoms with Crippen LogP contribution < -0.4 is 15.0 Å². The number of piperazine rings is 1. The quantitative estimate of drug-likeness (QED) is 0.622. The number of aryl methyl sites for hydroxylation is 1. The third kappa shape index (κ3) is 4.58. The maximum atomic E-state index is 9.28. The molecule has 8 nitrogen and oxygen atoms in total. The summed E-state index contributed by atoms with van der Waals surface area (Å²) in [5.74, 6) is 1.02. The summed E-state index contributed by atoms with van der Waals surface area (Å²) in [6.45, 7) is 6.12. The Hall–Kier alpha value is -2.73. The molecule has 3 atom stereocenters. The van der Waals surface area contributed by atoms with Crippen LogP contribution in [-0.4, -0.2) is 70.7 Å². The minimum atomic E-state index is 0.165. The van der Waals surface area contributed by atoms with Gasteiger partial charge in [0.05, 0.1) is 18.2 Å². The molecule has 2 saturated heterocycles. The van der Waals surface area contributed by atoms with Gasteiger partial charge in [0.1, 0.15) is 12.4 Å². The number of benzene rings is 1. The number of fused-ring (bicyclic) bond motifs is 2. The molecule has 1 N–H and O–H groups in total. The molecule has 2 aliphatic carbocycles. The monoisotopic (exact) mass is 499 g/mol. The smallest absolute Gasteiger partial charge is 0.318 e. The van der Waals surface area contributed by atoms with Crippen LogP contribution in [0.1, 0.15) is 67.0 Å². The Balaban J connectivity index is 1.15. The van der Waals surface area contributed by atoms with Crippen LogP contribution in [0.25, 0.3) is 0 Å². The van der Waals surface area contributed by atoms with Gasteiger partial charge in [-0.15, -0.1) is 0 Å². The van der Waals surface area contributed by atoms with Gasteiger partial charge >= 0.3 is 6.01 Å². The van der Waals surface area contributed by atoms with Crippen LogP contribution in [0, 0.1) is 11.3 Å².